The summed E-state index contributed by atoms with van der Waals surface area (Å²) in [5.41, 5.74) is 2.10. The Morgan fingerprint density at radius 1 is 1.29 bits per heavy atom. The van der Waals surface area contributed by atoms with Gasteiger partial charge in [-0.2, -0.15) is 0 Å². The molecule has 150 valence electrons. The molecule has 0 spiro atoms. The smallest absolute Gasteiger partial charge is 0.413 e. The fourth-order valence-electron chi connectivity index (χ4n) is 3.20. The van der Waals surface area contributed by atoms with Crippen molar-refractivity contribution < 1.29 is 11.0 Å². The molecule has 0 fully saturated rings. The third kappa shape index (κ3) is 5.10. The largest absolute Gasteiger partial charge is 0.444 e. The first kappa shape index (κ1) is 20.3. The van der Waals surface area contributed by atoms with E-state index in [1.807, 2.05) is 32.9 Å². The second-order valence-corrected chi connectivity index (χ2v) is 9.59. The van der Waals surface area contributed by atoms with E-state index in [2.05, 4.69) is 41.3 Å². The summed E-state index contributed by atoms with van der Waals surface area (Å²) < 4.78 is 5.37. The van der Waals surface area contributed by atoms with E-state index in [-0.39, 0.29) is 1.43 Å². The van der Waals surface area contributed by atoms with Crippen LogP contribution in [0.4, 0.5) is 4.79 Å². The molecule has 1 amide bonds. The normalized spacial score (nSPS) is 22.3. The van der Waals surface area contributed by atoms with Crippen molar-refractivity contribution >= 4 is 23.0 Å². The van der Waals surface area contributed by atoms with Gasteiger partial charge in [0.25, 0.3) is 0 Å². The molecular weight excluding hydrogens is 372 g/mol. The molecule has 0 saturated carbocycles. The molecule has 0 aliphatic carbocycles. The highest BCUT2D eigenvalue weighted by atomic mass is 32.2. The van der Waals surface area contributed by atoms with Crippen molar-refractivity contribution in [2.45, 2.75) is 57.4 Å². The van der Waals surface area contributed by atoms with Gasteiger partial charge in [-0.15, -0.1) is 0 Å². The molecule has 7 heteroatoms. The molecule has 1 aromatic carbocycles. The van der Waals surface area contributed by atoms with Gasteiger partial charge in [0.05, 0.1) is 5.54 Å². The number of carbonyl (C=O) groups is 1. The Balaban J connectivity index is 0.00000300. The summed E-state index contributed by atoms with van der Waals surface area (Å²) in [6, 6.07) is 8.25. The van der Waals surface area contributed by atoms with Gasteiger partial charge >= 0.3 is 6.09 Å². The summed E-state index contributed by atoms with van der Waals surface area (Å²) >= 11 is 1.56. The zero-order valence-corrected chi connectivity index (χ0v) is 17.7. The number of hydrogen-bond donors (Lipinski definition) is 1. The maximum atomic E-state index is 12.2. The molecule has 1 N–H and O–H groups in total. The summed E-state index contributed by atoms with van der Waals surface area (Å²) in [5, 5.41) is 3.70. The number of aromatic nitrogens is 2. The van der Waals surface area contributed by atoms with Crippen LogP contribution in [0, 0.1) is 0 Å². The topological polar surface area (TPSA) is 76.5 Å². The SMILES string of the molecule is C[C@@H]1C[C@@](C)(c2cccc(-c3cncnc3)c2)N=C(NC(=O)OC(C)(C)C)S1.[HH]. The highest BCUT2D eigenvalue weighted by Gasteiger charge is 2.34. The lowest BCUT2D eigenvalue weighted by molar-refractivity contribution is 0.0564. The Bertz CT molecular complexity index is 886. The summed E-state index contributed by atoms with van der Waals surface area (Å²) in [6.45, 7) is 9.76. The van der Waals surface area contributed by atoms with Gasteiger partial charge in [0, 0.05) is 24.6 Å². The molecule has 28 heavy (non-hydrogen) atoms. The number of alkyl carbamates (subject to hydrolysis) is 1. The Labute approximate surface area is 171 Å². The lowest BCUT2D eigenvalue weighted by Gasteiger charge is -2.34. The highest BCUT2D eigenvalue weighted by Crippen LogP contribution is 2.40. The first-order valence-corrected chi connectivity index (χ1v) is 10.1. The standard InChI is InChI=1S/C21H26N4O2S.H2/c1-14-10-21(5,25-18(28-14)24-19(26)27-20(2,3)4)17-8-6-7-15(9-17)16-11-22-13-23-12-16;/h6-9,11-14H,10H2,1-5H3,(H,24,25,26);1H/t14-,21+;/m1./s1. The average molecular weight is 401 g/mol. The monoisotopic (exact) mass is 400 g/mol. The number of aliphatic imine (C=N–C) groups is 1. The van der Waals surface area contributed by atoms with Crippen molar-refractivity contribution in [1.82, 2.24) is 15.3 Å². The van der Waals surface area contributed by atoms with Crippen LogP contribution in [0.1, 0.15) is 48.0 Å². The predicted octanol–water partition coefficient (Wildman–Crippen LogP) is 5.01. The minimum absolute atomic E-state index is 0. The molecule has 3 rings (SSSR count). The second kappa shape index (κ2) is 7.91. The number of hydrogen-bond acceptors (Lipinski definition) is 6. The first-order chi connectivity index (χ1) is 13.1. The fourth-order valence-corrected chi connectivity index (χ4v) is 4.39. The van der Waals surface area contributed by atoms with Crippen molar-refractivity contribution in [3.63, 3.8) is 0 Å². The number of amidine groups is 1. The number of carbonyl (C=O) groups excluding carboxylic acids is 1. The maximum Gasteiger partial charge on any atom is 0.413 e. The number of amides is 1. The molecule has 6 nitrogen and oxygen atoms in total. The zero-order valence-electron chi connectivity index (χ0n) is 16.9. The Morgan fingerprint density at radius 3 is 2.68 bits per heavy atom. The molecule has 0 unspecified atom stereocenters. The van der Waals surface area contributed by atoms with E-state index in [1.54, 1.807) is 24.2 Å². The number of nitrogens with one attached hydrogen (secondary N) is 1. The van der Waals surface area contributed by atoms with Crippen molar-refractivity contribution in [3.05, 3.63) is 48.5 Å². The van der Waals surface area contributed by atoms with Crippen LogP contribution >= 0.6 is 11.8 Å². The summed E-state index contributed by atoms with van der Waals surface area (Å²) in [7, 11) is 0. The Morgan fingerprint density at radius 2 is 2.00 bits per heavy atom. The van der Waals surface area contributed by atoms with E-state index >= 15 is 0 Å². The van der Waals surface area contributed by atoms with E-state index in [9.17, 15) is 4.79 Å². The molecule has 0 saturated heterocycles. The van der Waals surface area contributed by atoms with Gasteiger partial charge in [-0.3, -0.25) is 10.3 Å². The summed E-state index contributed by atoms with van der Waals surface area (Å²) in [6.07, 6.45) is 5.50. The van der Waals surface area contributed by atoms with Gasteiger partial charge < -0.3 is 4.74 Å². The van der Waals surface area contributed by atoms with E-state index in [4.69, 9.17) is 9.73 Å². The van der Waals surface area contributed by atoms with Crippen LogP contribution in [-0.2, 0) is 10.3 Å². The van der Waals surface area contributed by atoms with Crippen LogP contribution in [-0.4, -0.2) is 32.1 Å². The molecule has 1 aliphatic heterocycles. The zero-order chi connectivity index (χ0) is 20.4. The molecular formula is C21H28N4O2S. The van der Waals surface area contributed by atoms with E-state index in [0.717, 1.165) is 23.1 Å². The van der Waals surface area contributed by atoms with Crippen LogP contribution in [0.15, 0.2) is 48.0 Å². The highest BCUT2D eigenvalue weighted by molar-refractivity contribution is 8.14. The Hall–Kier alpha value is -2.41. The van der Waals surface area contributed by atoms with Gasteiger partial charge in [0.15, 0.2) is 5.17 Å². The molecule has 0 radical (unpaired) electrons. The third-order valence-electron chi connectivity index (χ3n) is 4.33. The van der Waals surface area contributed by atoms with Crippen molar-refractivity contribution in [3.8, 4) is 11.1 Å². The van der Waals surface area contributed by atoms with Crippen LogP contribution in [0.3, 0.4) is 0 Å². The Kier molecular flexibility index (Phi) is 5.74. The molecule has 2 aromatic rings. The second-order valence-electron chi connectivity index (χ2n) is 8.16. The van der Waals surface area contributed by atoms with Crippen LogP contribution in [0.5, 0.6) is 0 Å². The molecule has 1 aliphatic rings. The lowest BCUT2D eigenvalue weighted by Crippen LogP contribution is -2.40. The van der Waals surface area contributed by atoms with Crippen LogP contribution in [0.2, 0.25) is 0 Å². The average Bonchev–Trinajstić information content (AvgIpc) is 2.60. The minimum atomic E-state index is -0.551. The number of ether oxygens (including phenoxy) is 1. The number of nitrogens with zero attached hydrogens (tertiary/aromatic N) is 3. The quantitative estimate of drug-likeness (QED) is 0.767. The van der Waals surface area contributed by atoms with Crippen molar-refractivity contribution in [2.75, 3.05) is 0 Å². The van der Waals surface area contributed by atoms with Gasteiger partial charge in [0.1, 0.15) is 11.9 Å². The molecule has 0 bridgehead atoms. The van der Waals surface area contributed by atoms with Gasteiger partial charge in [-0.25, -0.2) is 14.8 Å². The van der Waals surface area contributed by atoms with Crippen molar-refractivity contribution in [2.24, 2.45) is 4.99 Å². The van der Waals surface area contributed by atoms with Crippen molar-refractivity contribution in [1.29, 1.82) is 0 Å². The first-order valence-electron chi connectivity index (χ1n) is 9.27. The summed E-state index contributed by atoms with van der Waals surface area (Å²) in [5.74, 6) is 0. The fraction of sp³-hybridized carbons (Fsp3) is 0.429. The van der Waals surface area contributed by atoms with Gasteiger partial charge in [-0.05, 0) is 51.3 Å². The molecule has 2 heterocycles. The third-order valence-corrected chi connectivity index (χ3v) is 5.32. The lowest BCUT2D eigenvalue weighted by atomic mass is 9.86. The van der Waals surface area contributed by atoms with E-state index in [1.165, 1.54) is 6.33 Å². The van der Waals surface area contributed by atoms with Gasteiger partial charge in [-0.1, -0.05) is 36.9 Å². The predicted molar refractivity (Wildman–Crippen MR) is 115 cm³/mol. The summed E-state index contributed by atoms with van der Waals surface area (Å²) in [4.78, 5) is 25.3. The molecule has 1 aromatic heterocycles. The van der Waals surface area contributed by atoms with E-state index < -0.39 is 17.2 Å². The minimum Gasteiger partial charge on any atom is -0.444 e. The number of rotatable bonds is 2. The molecule has 2 atom stereocenters. The van der Waals surface area contributed by atoms with E-state index in [0.29, 0.717) is 10.4 Å². The number of thioether (sulfide) groups is 1. The van der Waals surface area contributed by atoms with Crippen LogP contribution < -0.4 is 5.32 Å². The maximum absolute atomic E-state index is 12.2. The van der Waals surface area contributed by atoms with Crippen LogP contribution in [0.25, 0.3) is 11.1 Å². The number of benzene rings is 1. The van der Waals surface area contributed by atoms with Gasteiger partial charge in [0.2, 0.25) is 0 Å².